The molecule has 0 radical (unpaired) electrons. The molecule has 0 saturated carbocycles. The lowest BCUT2D eigenvalue weighted by Gasteiger charge is -2.12. The summed E-state index contributed by atoms with van der Waals surface area (Å²) in [5.41, 5.74) is 1.12. The summed E-state index contributed by atoms with van der Waals surface area (Å²) in [6.45, 7) is 2.25. The molecule has 0 fully saturated rings. The maximum Gasteiger partial charge on any atom is 0.338 e. The molecule has 0 spiro atoms. The number of hydrogen-bond acceptors (Lipinski definition) is 3. The Morgan fingerprint density at radius 1 is 1.13 bits per heavy atom. The highest BCUT2D eigenvalue weighted by Gasteiger charge is 2.15. The fourth-order valence-electron chi connectivity index (χ4n) is 1.82. The zero-order chi connectivity index (χ0) is 17.0. The lowest BCUT2D eigenvalue weighted by atomic mass is 10.2. The molecule has 2 aromatic rings. The van der Waals surface area contributed by atoms with Crippen molar-refractivity contribution in [2.24, 2.45) is 0 Å². The summed E-state index contributed by atoms with van der Waals surface area (Å²) < 4.78 is 11.2. The van der Waals surface area contributed by atoms with Crippen molar-refractivity contribution in [3.05, 3.63) is 61.0 Å². The zero-order valence-corrected chi connectivity index (χ0v) is 15.9. The van der Waals surface area contributed by atoms with Crippen LogP contribution in [0.4, 0.5) is 0 Å². The molecule has 0 heterocycles. The summed E-state index contributed by atoms with van der Waals surface area (Å²) in [7, 11) is 0. The molecule has 2 aromatic carbocycles. The Balaban J connectivity index is 2.18. The molecule has 0 unspecified atom stereocenters. The van der Waals surface area contributed by atoms with E-state index in [9.17, 15) is 4.79 Å². The number of halogens is 4. The number of carbonyl (C=O) groups is 1. The number of ether oxygens (including phenoxy) is 2. The van der Waals surface area contributed by atoms with Crippen molar-refractivity contribution < 1.29 is 14.3 Å². The first-order valence-electron chi connectivity index (χ1n) is 6.65. The van der Waals surface area contributed by atoms with Crippen LogP contribution in [0.5, 0.6) is 5.75 Å². The van der Waals surface area contributed by atoms with Gasteiger partial charge in [0.2, 0.25) is 0 Å². The van der Waals surface area contributed by atoms with Gasteiger partial charge in [-0.05, 0) is 47.1 Å². The normalized spacial score (nSPS) is 10.5. The third kappa shape index (κ3) is 4.77. The van der Waals surface area contributed by atoms with Crippen LogP contribution < -0.4 is 4.74 Å². The van der Waals surface area contributed by atoms with Crippen molar-refractivity contribution in [3.8, 4) is 5.75 Å². The first-order chi connectivity index (χ1) is 10.9. The predicted molar refractivity (Wildman–Crippen MR) is 95.9 cm³/mol. The summed E-state index contributed by atoms with van der Waals surface area (Å²) >= 11 is 21.5. The van der Waals surface area contributed by atoms with Gasteiger partial charge in [0.05, 0.1) is 21.7 Å². The van der Waals surface area contributed by atoms with E-state index in [-0.39, 0.29) is 6.61 Å². The molecular weight excluding hydrogens is 426 g/mol. The lowest BCUT2D eigenvalue weighted by molar-refractivity contribution is 0.0526. The van der Waals surface area contributed by atoms with Gasteiger partial charge in [-0.1, -0.05) is 40.9 Å². The number of benzene rings is 2. The highest BCUT2D eigenvalue weighted by atomic mass is 79.9. The Morgan fingerprint density at radius 2 is 1.87 bits per heavy atom. The largest absolute Gasteiger partial charge is 0.486 e. The van der Waals surface area contributed by atoms with Gasteiger partial charge in [-0.25, -0.2) is 4.79 Å². The van der Waals surface area contributed by atoms with E-state index in [1.165, 1.54) is 6.07 Å². The number of esters is 1. The molecular formula is C16H12BrCl3O3. The van der Waals surface area contributed by atoms with Crippen LogP contribution in [-0.4, -0.2) is 12.6 Å². The maximum absolute atomic E-state index is 11.7. The molecule has 7 heteroatoms. The monoisotopic (exact) mass is 436 g/mol. The van der Waals surface area contributed by atoms with Crippen molar-refractivity contribution in [1.29, 1.82) is 0 Å². The summed E-state index contributed by atoms with van der Waals surface area (Å²) in [5.74, 6) is -0.0203. The van der Waals surface area contributed by atoms with E-state index in [1.807, 2.05) is 0 Å². The molecule has 3 nitrogen and oxygen atoms in total. The summed E-state index contributed by atoms with van der Waals surface area (Å²) in [6.07, 6.45) is 0. The van der Waals surface area contributed by atoms with Crippen LogP contribution in [0.1, 0.15) is 22.8 Å². The summed E-state index contributed by atoms with van der Waals surface area (Å²) in [4.78, 5) is 11.7. The van der Waals surface area contributed by atoms with Gasteiger partial charge in [-0.2, -0.15) is 0 Å². The van der Waals surface area contributed by atoms with Crippen molar-refractivity contribution in [2.45, 2.75) is 13.5 Å². The van der Waals surface area contributed by atoms with E-state index < -0.39 is 5.97 Å². The van der Waals surface area contributed by atoms with Crippen molar-refractivity contribution >= 4 is 56.7 Å². The minimum Gasteiger partial charge on any atom is -0.486 e. The molecule has 0 aliphatic rings. The first kappa shape index (κ1) is 18.4. The molecule has 23 heavy (non-hydrogen) atoms. The molecule has 0 aliphatic carbocycles. The van der Waals surface area contributed by atoms with Gasteiger partial charge in [0.1, 0.15) is 6.61 Å². The van der Waals surface area contributed by atoms with Crippen molar-refractivity contribution in [2.75, 3.05) is 6.61 Å². The van der Waals surface area contributed by atoms with Crippen molar-refractivity contribution in [3.63, 3.8) is 0 Å². The molecule has 0 bridgehead atoms. The topological polar surface area (TPSA) is 35.5 Å². The highest BCUT2D eigenvalue weighted by Crippen LogP contribution is 2.35. The second-order valence-corrected chi connectivity index (χ2v) is 6.62. The average molecular weight is 439 g/mol. The Bertz CT molecular complexity index is 712. The van der Waals surface area contributed by atoms with Gasteiger partial charge in [0, 0.05) is 15.6 Å². The Labute approximate surface area is 157 Å². The Hall–Kier alpha value is -0.940. The number of carbonyl (C=O) groups excluding carboxylic acids is 1. The van der Waals surface area contributed by atoms with Gasteiger partial charge in [0.15, 0.2) is 5.75 Å². The van der Waals surface area contributed by atoms with E-state index in [0.717, 1.165) is 5.56 Å². The average Bonchev–Trinajstić information content (AvgIpc) is 2.48. The van der Waals surface area contributed by atoms with Crippen LogP contribution in [-0.2, 0) is 11.3 Å². The minimum atomic E-state index is -0.442. The molecule has 0 aliphatic heterocycles. The molecule has 0 saturated heterocycles. The third-order valence-corrected chi connectivity index (χ3v) is 4.35. The van der Waals surface area contributed by atoms with Crippen LogP contribution in [0.15, 0.2) is 34.8 Å². The van der Waals surface area contributed by atoms with Crippen LogP contribution >= 0.6 is 50.7 Å². The van der Waals surface area contributed by atoms with Gasteiger partial charge in [0.25, 0.3) is 0 Å². The second kappa shape index (κ2) is 8.25. The standard InChI is InChI=1S/C16H12BrCl3O3/c1-2-22-16(21)10-5-12(17)15(14(20)6-10)23-8-9-3-4-11(18)7-13(9)19/h3-7H,2,8H2,1H3. The molecule has 122 valence electrons. The molecule has 2 rings (SSSR count). The fourth-order valence-corrected chi connectivity index (χ4v) is 3.24. The van der Waals surface area contributed by atoms with E-state index in [1.54, 1.807) is 31.2 Å². The van der Waals surface area contributed by atoms with Crippen LogP contribution in [0.2, 0.25) is 15.1 Å². The van der Waals surface area contributed by atoms with E-state index in [4.69, 9.17) is 44.3 Å². The quantitative estimate of drug-likeness (QED) is 0.524. The second-order valence-electron chi connectivity index (χ2n) is 4.51. The minimum absolute atomic E-state index is 0.215. The molecule has 0 N–H and O–H groups in total. The first-order valence-corrected chi connectivity index (χ1v) is 8.58. The molecule has 0 aromatic heterocycles. The Morgan fingerprint density at radius 3 is 2.48 bits per heavy atom. The number of hydrogen-bond donors (Lipinski definition) is 0. The van der Waals surface area contributed by atoms with Gasteiger partial charge >= 0.3 is 5.97 Å². The predicted octanol–water partition coefficient (Wildman–Crippen LogP) is 6.17. The summed E-state index contributed by atoms with van der Waals surface area (Å²) in [6, 6.07) is 8.25. The van der Waals surface area contributed by atoms with Crippen LogP contribution in [0.25, 0.3) is 0 Å². The molecule has 0 atom stereocenters. The van der Waals surface area contributed by atoms with Gasteiger partial charge < -0.3 is 9.47 Å². The van der Waals surface area contributed by atoms with Crippen LogP contribution in [0, 0.1) is 0 Å². The highest BCUT2D eigenvalue weighted by molar-refractivity contribution is 9.10. The summed E-state index contributed by atoms with van der Waals surface area (Å²) in [5, 5.41) is 1.36. The zero-order valence-electron chi connectivity index (χ0n) is 12.0. The van der Waals surface area contributed by atoms with E-state index in [2.05, 4.69) is 15.9 Å². The van der Waals surface area contributed by atoms with E-state index in [0.29, 0.717) is 37.5 Å². The maximum atomic E-state index is 11.7. The fraction of sp³-hybridized carbons (Fsp3) is 0.188. The smallest absolute Gasteiger partial charge is 0.338 e. The van der Waals surface area contributed by atoms with Gasteiger partial charge in [-0.3, -0.25) is 0 Å². The Kier molecular flexibility index (Phi) is 6.60. The molecule has 0 amide bonds. The van der Waals surface area contributed by atoms with Gasteiger partial charge in [-0.15, -0.1) is 0 Å². The van der Waals surface area contributed by atoms with Crippen molar-refractivity contribution in [1.82, 2.24) is 0 Å². The number of rotatable bonds is 5. The SMILES string of the molecule is CCOC(=O)c1cc(Cl)c(OCc2ccc(Cl)cc2Cl)c(Br)c1. The third-order valence-electron chi connectivity index (χ3n) is 2.90. The van der Waals surface area contributed by atoms with E-state index >= 15 is 0 Å². The van der Waals surface area contributed by atoms with Crippen LogP contribution in [0.3, 0.4) is 0 Å². The lowest BCUT2D eigenvalue weighted by Crippen LogP contribution is -2.05.